The van der Waals surface area contributed by atoms with Gasteiger partial charge in [-0.1, -0.05) is 41.0 Å². The Kier molecular flexibility index (Phi) is 8.59. The maximum atomic E-state index is 14.0. The van der Waals surface area contributed by atoms with E-state index in [0.717, 1.165) is 51.3 Å². The number of ether oxygens (including phenoxy) is 1. The van der Waals surface area contributed by atoms with Gasteiger partial charge in [0, 0.05) is 49.9 Å². The molecule has 3 saturated heterocycles. The number of likely N-dealkylation sites (tertiary alicyclic amines) is 1. The normalized spacial score (nSPS) is 25.3. The predicted octanol–water partition coefficient (Wildman–Crippen LogP) is 2.96. The molecule has 1 aromatic rings. The minimum absolute atomic E-state index is 0.0355. The largest absolute Gasteiger partial charge is 0.369 e. The topological polar surface area (TPSA) is 82.2 Å². The quantitative estimate of drug-likeness (QED) is 0.548. The first-order valence-electron chi connectivity index (χ1n) is 14.0. The van der Waals surface area contributed by atoms with Crippen molar-refractivity contribution in [3.05, 3.63) is 29.8 Å². The second kappa shape index (κ2) is 11.5. The van der Waals surface area contributed by atoms with Gasteiger partial charge in [0.2, 0.25) is 5.91 Å². The maximum absolute atomic E-state index is 14.0. The number of hydrogen-bond donors (Lipinski definition) is 1. The second-order valence-electron chi connectivity index (χ2n) is 11.4. The Labute approximate surface area is 221 Å². The molecule has 0 saturated carbocycles. The molecule has 8 heteroatoms. The fraction of sp³-hybridized carbons (Fsp3) is 0.690. The molecule has 3 fully saturated rings. The molecular formula is C29H44N4O4. The molecule has 8 nitrogen and oxygen atoms in total. The first-order valence-corrected chi connectivity index (χ1v) is 14.0. The highest BCUT2D eigenvalue weighted by atomic mass is 16.5. The van der Waals surface area contributed by atoms with Gasteiger partial charge in [-0.2, -0.15) is 0 Å². The Morgan fingerprint density at radius 1 is 1.08 bits per heavy atom. The number of likely N-dealkylation sites (N-methyl/N-ethyl adjacent to an activating group) is 1. The summed E-state index contributed by atoms with van der Waals surface area (Å²) in [4.78, 5) is 46.5. The lowest BCUT2D eigenvalue weighted by atomic mass is 9.80. The van der Waals surface area contributed by atoms with Gasteiger partial charge in [-0.3, -0.25) is 14.4 Å². The summed E-state index contributed by atoms with van der Waals surface area (Å²) in [5.74, 6) is -0.333. The summed E-state index contributed by atoms with van der Waals surface area (Å²) in [6, 6.07) is 6.40. The molecule has 0 aliphatic carbocycles. The van der Waals surface area contributed by atoms with E-state index in [-0.39, 0.29) is 36.2 Å². The summed E-state index contributed by atoms with van der Waals surface area (Å²) in [5.41, 5.74) is 1.16. The smallest absolute Gasteiger partial charge is 0.251 e. The van der Waals surface area contributed by atoms with Gasteiger partial charge in [-0.15, -0.1) is 0 Å². The van der Waals surface area contributed by atoms with Gasteiger partial charge in [-0.05, 0) is 49.1 Å². The number of nitrogens with zero attached hydrogens (tertiary/aromatic N) is 3. The molecule has 1 unspecified atom stereocenters. The van der Waals surface area contributed by atoms with Crippen molar-refractivity contribution >= 4 is 23.3 Å². The SMILES string of the molecule is CCC[C@@H]1CN(C(=O)C(NC(=O)c2ccc(N3CCN(CC)CC3)cc2)C(C)(C)CC)[C@@H]2C(=O)CO[C@H]12. The summed E-state index contributed by atoms with van der Waals surface area (Å²) >= 11 is 0. The zero-order chi connectivity index (χ0) is 26.7. The zero-order valence-corrected chi connectivity index (χ0v) is 23.2. The number of ketones is 1. The van der Waals surface area contributed by atoms with Crippen LogP contribution in [0.4, 0.5) is 5.69 Å². The molecule has 0 bridgehead atoms. The molecule has 4 atom stereocenters. The van der Waals surface area contributed by atoms with Gasteiger partial charge in [0.25, 0.3) is 5.91 Å². The van der Waals surface area contributed by atoms with Crippen LogP contribution < -0.4 is 10.2 Å². The van der Waals surface area contributed by atoms with Crippen LogP contribution in [0.5, 0.6) is 0 Å². The minimum Gasteiger partial charge on any atom is -0.369 e. The van der Waals surface area contributed by atoms with Crippen LogP contribution in [-0.4, -0.2) is 91.5 Å². The summed E-state index contributed by atoms with van der Waals surface area (Å²) in [6.45, 7) is 16.0. The molecule has 2 amide bonds. The average Bonchev–Trinajstić information content (AvgIpc) is 3.47. The van der Waals surface area contributed by atoms with Crippen molar-refractivity contribution in [3.8, 4) is 0 Å². The number of amides is 2. The van der Waals surface area contributed by atoms with E-state index >= 15 is 0 Å². The van der Waals surface area contributed by atoms with E-state index in [1.807, 2.05) is 45.0 Å². The summed E-state index contributed by atoms with van der Waals surface area (Å²) in [6.07, 6.45) is 2.35. The van der Waals surface area contributed by atoms with Gasteiger partial charge in [0.1, 0.15) is 18.7 Å². The molecule has 3 aliphatic rings. The third kappa shape index (κ3) is 5.70. The number of piperazine rings is 1. The molecule has 0 spiro atoms. The van der Waals surface area contributed by atoms with E-state index in [9.17, 15) is 14.4 Å². The highest BCUT2D eigenvalue weighted by molar-refractivity contribution is 5.99. The number of nitrogens with one attached hydrogen (secondary N) is 1. The molecule has 3 heterocycles. The lowest BCUT2D eigenvalue weighted by Gasteiger charge is -2.37. The Morgan fingerprint density at radius 3 is 2.35 bits per heavy atom. The number of rotatable bonds is 9. The minimum atomic E-state index is -0.735. The first kappa shape index (κ1) is 27.6. The van der Waals surface area contributed by atoms with Crippen molar-refractivity contribution in [2.45, 2.75) is 72.1 Å². The summed E-state index contributed by atoms with van der Waals surface area (Å²) in [5, 5.41) is 3.05. The number of Topliss-reactive ketones (excluding diaryl/α,β-unsaturated/α-hetero) is 1. The van der Waals surface area contributed by atoms with Gasteiger partial charge >= 0.3 is 0 Å². The molecule has 3 aliphatic heterocycles. The van der Waals surface area contributed by atoms with Crippen LogP contribution in [0.1, 0.15) is 64.2 Å². The first-order chi connectivity index (χ1) is 17.7. The van der Waals surface area contributed by atoms with E-state index in [0.29, 0.717) is 18.5 Å². The Balaban J connectivity index is 1.48. The Hall–Kier alpha value is -2.45. The molecular weight excluding hydrogens is 468 g/mol. The van der Waals surface area contributed by atoms with Crippen LogP contribution in [0.15, 0.2) is 24.3 Å². The molecule has 4 rings (SSSR count). The number of benzene rings is 1. The van der Waals surface area contributed by atoms with Crippen LogP contribution in [0.25, 0.3) is 0 Å². The monoisotopic (exact) mass is 512 g/mol. The second-order valence-corrected chi connectivity index (χ2v) is 11.4. The zero-order valence-electron chi connectivity index (χ0n) is 23.2. The van der Waals surface area contributed by atoms with Crippen LogP contribution >= 0.6 is 0 Å². The number of hydrogen-bond acceptors (Lipinski definition) is 6. The average molecular weight is 513 g/mol. The third-order valence-corrected chi connectivity index (χ3v) is 8.76. The lowest BCUT2D eigenvalue weighted by Crippen LogP contribution is -2.57. The van der Waals surface area contributed by atoms with E-state index in [2.05, 4.69) is 29.0 Å². The summed E-state index contributed by atoms with van der Waals surface area (Å²) < 4.78 is 5.81. The van der Waals surface area contributed by atoms with E-state index in [4.69, 9.17) is 4.74 Å². The Morgan fingerprint density at radius 2 is 1.76 bits per heavy atom. The lowest BCUT2D eigenvalue weighted by molar-refractivity contribution is -0.140. The van der Waals surface area contributed by atoms with Gasteiger partial charge in [0.05, 0.1) is 6.10 Å². The van der Waals surface area contributed by atoms with E-state index in [1.165, 1.54) is 0 Å². The fourth-order valence-electron chi connectivity index (χ4n) is 5.93. The molecule has 1 aromatic carbocycles. The fourth-order valence-corrected chi connectivity index (χ4v) is 5.93. The third-order valence-electron chi connectivity index (χ3n) is 8.76. The highest BCUT2D eigenvalue weighted by Gasteiger charge is 2.53. The summed E-state index contributed by atoms with van der Waals surface area (Å²) in [7, 11) is 0. The Bertz CT molecular complexity index is 971. The molecule has 204 valence electrons. The maximum Gasteiger partial charge on any atom is 0.251 e. The van der Waals surface area contributed by atoms with Crippen molar-refractivity contribution in [2.75, 3.05) is 50.8 Å². The van der Waals surface area contributed by atoms with Crippen LogP contribution in [0.3, 0.4) is 0 Å². The number of anilines is 1. The number of fused-ring (bicyclic) bond motifs is 1. The van der Waals surface area contributed by atoms with E-state index < -0.39 is 17.5 Å². The van der Waals surface area contributed by atoms with E-state index in [1.54, 1.807) is 4.90 Å². The number of carbonyl (C=O) groups is 3. The van der Waals surface area contributed by atoms with Crippen molar-refractivity contribution < 1.29 is 19.1 Å². The standard InChI is InChI=1S/C29H44N4O4/c1-6-9-21-18-33(24-23(34)19-37-25(21)24)28(36)26(29(4,5)7-2)30-27(35)20-10-12-22(13-11-20)32-16-14-31(8-3)15-17-32/h10-13,21,24-26H,6-9,14-19H2,1-5H3,(H,30,35)/t21-,24-,25-,26?/m1/s1. The van der Waals surface area contributed by atoms with Gasteiger partial charge < -0.3 is 24.8 Å². The molecule has 0 radical (unpaired) electrons. The van der Waals surface area contributed by atoms with Gasteiger partial charge in [-0.25, -0.2) is 0 Å². The van der Waals surface area contributed by atoms with Crippen LogP contribution in [-0.2, 0) is 14.3 Å². The number of carbonyl (C=O) groups excluding carboxylic acids is 3. The highest BCUT2D eigenvalue weighted by Crippen LogP contribution is 2.36. The molecule has 1 N–H and O–H groups in total. The van der Waals surface area contributed by atoms with Crippen molar-refractivity contribution in [2.24, 2.45) is 11.3 Å². The van der Waals surface area contributed by atoms with Crippen molar-refractivity contribution in [3.63, 3.8) is 0 Å². The van der Waals surface area contributed by atoms with Crippen molar-refractivity contribution in [1.82, 2.24) is 15.1 Å². The molecule has 0 aromatic heterocycles. The van der Waals surface area contributed by atoms with Crippen molar-refractivity contribution in [1.29, 1.82) is 0 Å². The van der Waals surface area contributed by atoms with Gasteiger partial charge in [0.15, 0.2) is 5.78 Å². The van der Waals surface area contributed by atoms with Crippen LogP contribution in [0, 0.1) is 11.3 Å². The predicted molar refractivity (Wildman–Crippen MR) is 145 cm³/mol. The molecule has 37 heavy (non-hydrogen) atoms. The van der Waals surface area contributed by atoms with Crippen LogP contribution in [0.2, 0.25) is 0 Å².